The highest BCUT2D eigenvalue weighted by Gasteiger charge is 2.13. The first-order valence-corrected chi connectivity index (χ1v) is 7.67. The molecule has 1 aromatic carbocycles. The Bertz CT molecular complexity index is 700. The third-order valence-electron chi connectivity index (χ3n) is 3.53. The molecule has 2 rings (SSSR count). The van der Waals surface area contributed by atoms with E-state index in [-0.39, 0.29) is 24.6 Å². The Morgan fingerprint density at radius 2 is 1.82 bits per heavy atom. The van der Waals surface area contributed by atoms with Crippen LogP contribution in [0.15, 0.2) is 29.1 Å². The largest absolute Gasteiger partial charge is 0.392 e. The van der Waals surface area contributed by atoms with Gasteiger partial charge in [0, 0.05) is 26.1 Å². The lowest BCUT2D eigenvalue weighted by Gasteiger charge is -2.07. The Morgan fingerprint density at radius 3 is 2.36 bits per heavy atom. The molecule has 1 aromatic heterocycles. The maximum atomic E-state index is 12.5. The molecule has 0 spiro atoms. The molecule has 1 atom stereocenters. The smallest absolute Gasteiger partial charge is 0.329 e. The summed E-state index contributed by atoms with van der Waals surface area (Å²) in [6, 6.07) is 7.63. The third kappa shape index (κ3) is 3.57. The van der Waals surface area contributed by atoms with Gasteiger partial charge in [-0.2, -0.15) is 0 Å². The van der Waals surface area contributed by atoms with E-state index in [4.69, 9.17) is 5.11 Å². The summed E-state index contributed by atoms with van der Waals surface area (Å²) in [5.41, 5.74) is 1.68. The fourth-order valence-electron chi connectivity index (χ4n) is 2.49. The van der Waals surface area contributed by atoms with Crippen LogP contribution < -0.4 is 11.0 Å². The molecule has 6 nitrogen and oxygen atoms in total. The Labute approximate surface area is 129 Å². The summed E-state index contributed by atoms with van der Waals surface area (Å²) >= 11 is 0. The number of fused-ring (bicyclic) bond motifs is 1. The van der Waals surface area contributed by atoms with Gasteiger partial charge in [-0.1, -0.05) is 19.1 Å². The van der Waals surface area contributed by atoms with Gasteiger partial charge in [0.2, 0.25) is 5.91 Å². The molecule has 1 amide bonds. The predicted octanol–water partition coefficient (Wildman–Crippen LogP) is 1.10. The van der Waals surface area contributed by atoms with E-state index in [1.54, 1.807) is 16.1 Å². The molecule has 0 fully saturated rings. The predicted molar refractivity (Wildman–Crippen MR) is 85.8 cm³/mol. The average molecular weight is 305 g/mol. The van der Waals surface area contributed by atoms with E-state index < -0.39 is 6.10 Å². The number of aliphatic hydroxyl groups is 1. The summed E-state index contributed by atoms with van der Waals surface area (Å²) in [6.45, 7) is 4.87. The second kappa shape index (κ2) is 7.26. The third-order valence-corrected chi connectivity index (χ3v) is 3.53. The number of hydrogen-bond donors (Lipinski definition) is 2. The van der Waals surface area contributed by atoms with Gasteiger partial charge in [0.05, 0.1) is 17.1 Å². The zero-order valence-corrected chi connectivity index (χ0v) is 13.1. The number of aromatic nitrogens is 2. The molecule has 0 saturated carbocycles. The number of carbonyl (C=O) groups is 1. The summed E-state index contributed by atoms with van der Waals surface area (Å²) < 4.78 is 3.40. The molecule has 0 saturated heterocycles. The Balaban J connectivity index is 2.19. The minimum Gasteiger partial charge on any atom is -0.392 e. The fraction of sp³-hybridized carbons (Fsp3) is 0.500. The highest BCUT2D eigenvalue weighted by atomic mass is 16.3. The van der Waals surface area contributed by atoms with Crippen LogP contribution in [0.4, 0.5) is 0 Å². The van der Waals surface area contributed by atoms with Gasteiger partial charge in [-0.25, -0.2) is 4.79 Å². The second-order valence-corrected chi connectivity index (χ2v) is 5.48. The summed E-state index contributed by atoms with van der Waals surface area (Å²) in [4.78, 5) is 24.3. The van der Waals surface area contributed by atoms with Crippen LogP contribution >= 0.6 is 0 Å². The number of para-hydroxylation sites is 2. The van der Waals surface area contributed by atoms with Gasteiger partial charge in [0.25, 0.3) is 0 Å². The Hall–Kier alpha value is -2.08. The SMILES string of the molecule is CCCn1c(=O)n(CCC(=O)NCC(C)O)c2ccccc21. The van der Waals surface area contributed by atoms with Gasteiger partial charge in [-0.3, -0.25) is 13.9 Å². The van der Waals surface area contributed by atoms with Crippen molar-refractivity contribution in [1.82, 2.24) is 14.5 Å². The summed E-state index contributed by atoms with van der Waals surface area (Å²) in [5, 5.41) is 11.8. The van der Waals surface area contributed by atoms with E-state index in [1.165, 1.54) is 0 Å². The monoisotopic (exact) mass is 305 g/mol. The van der Waals surface area contributed by atoms with Crippen LogP contribution in [0.5, 0.6) is 0 Å². The lowest BCUT2D eigenvalue weighted by Crippen LogP contribution is -2.32. The number of imidazole rings is 1. The van der Waals surface area contributed by atoms with Crippen LogP contribution in [0.1, 0.15) is 26.7 Å². The van der Waals surface area contributed by atoms with Gasteiger partial charge in [-0.05, 0) is 25.5 Å². The Kier molecular flexibility index (Phi) is 5.38. The minimum absolute atomic E-state index is 0.0774. The maximum absolute atomic E-state index is 12.5. The molecule has 0 aliphatic heterocycles. The molecule has 0 radical (unpaired) electrons. The molecule has 6 heteroatoms. The lowest BCUT2D eigenvalue weighted by atomic mass is 10.3. The number of nitrogens with zero attached hydrogens (tertiary/aromatic N) is 2. The Morgan fingerprint density at radius 1 is 1.23 bits per heavy atom. The minimum atomic E-state index is -0.571. The van der Waals surface area contributed by atoms with Gasteiger partial charge < -0.3 is 10.4 Å². The molecule has 22 heavy (non-hydrogen) atoms. The molecule has 2 aromatic rings. The highest BCUT2D eigenvalue weighted by molar-refractivity contribution is 5.78. The molecule has 0 aliphatic carbocycles. The standard InChI is InChI=1S/C16H23N3O3/c1-3-9-18-13-6-4-5-7-14(13)19(16(18)22)10-8-15(21)17-11-12(2)20/h4-7,12,20H,3,8-11H2,1-2H3,(H,17,21). The number of aliphatic hydroxyl groups excluding tert-OH is 1. The summed E-state index contributed by atoms with van der Waals surface area (Å²) in [6.07, 6.45) is 0.522. The van der Waals surface area contributed by atoms with Crippen LogP contribution in [0, 0.1) is 0 Å². The van der Waals surface area contributed by atoms with Crippen molar-refractivity contribution in [3.8, 4) is 0 Å². The quantitative estimate of drug-likeness (QED) is 0.804. The number of aryl methyl sites for hydroxylation is 2. The van der Waals surface area contributed by atoms with Gasteiger partial charge >= 0.3 is 5.69 Å². The number of carbonyl (C=O) groups excluding carboxylic acids is 1. The van der Waals surface area contributed by atoms with Crippen LogP contribution in [-0.4, -0.2) is 32.8 Å². The van der Waals surface area contributed by atoms with Crippen LogP contribution in [-0.2, 0) is 17.9 Å². The normalized spacial score (nSPS) is 12.5. The lowest BCUT2D eigenvalue weighted by molar-refractivity contribution is -0.121. The molecule has 0 bridgehead atoms. The molecule has 2 N–H and O–H groups in total. The molecule has 1 heterocycles. The topological polar surface area (TPSA) is 76.3 Å². The highest BCUT2D eigenvalue weighted by Crippen LogP contribution is 2.13. The summed E-state index contributed by atoms with van der Waals surface area (Å²) in [7, 11) is 0. The number of hydrogen-bond acceptors (Lipinski definition) is 3. The number of amides is 1. The van der Waals surface area contributed by atoms with Crippen molar-refractivity contribution in [2.45, 2.75) is 45.9 Å². The van der Waals surface area contributed by atoms with Crippen molar-refractivity contribution >= 4 is 16.9 Å². The van der Waals surface area contributed by atoms with Crippen LogP contribution in [0.25, 0.3) is 11.0 Å². The van der Waals surface area contributed by atoms with Crippen molar-refractivity contribution < 1.29 is 9.90 Å². The fourth-order valence-corrected chi connectivity index (χ4v) is 2.49. The first kappa shape index (κ1) is 16.3. The zero-order valence-electron chi connectivity index (χ0n) is 13.1. The molecular formula is C16H23N3O3. The average Bonchev–Trinajstić information content (AvgIpc) is 2.76. The van der Waals surface area contributed by atoms with Crippen LogP contribution in [0.3, 0.4) is 0 Å². The second-order valence-electron chi connectivity index (χ2n) is 5.48. The van der Waals surface area contributed by atoms with Gasteiger partial charge in [0.1, 0.15) is 0 Å². The first-order valence-electron chi connectivity index (χ1n) is 7.67. The first-order chi connectivity index (χ1) is 10.5. The number of nitrogens with one attached hydrogen (secondary N) is 1. The molecule has 0 aliphatic rings. The van der Waals surface area contributed by atoms with Gasteiger partial charge in [0.15, 0.2) is 0 Å². The van der Waals surface area contributed by atoms with Crippen molar-refractivity contribution in [3.63, 3.8) is 0 Å². The molecule has 120 valence electrons. The van der Waals surface area contributed by atoms with Crippen molar-refractivity contribution in [2.75, 3.05) is 6.54 Å². The van der Waals surface area contributed by atoms with E-state index in [9.17, 15) is 9.59 Å². The molecule has 1 unspecified atom stereocenters. The number of rotatable bonds is 7. The van der Waals surface area contributed by atoms with E-state index in [1.807, 2.05) is 31.2 Å². The number of benzene rings is 1. The van der Waals surface area contributed by atoms with Gasteiger partial charge in [-0.15, -0.1) is 0 Å². The van der Waals surface area contributed by atoms with Crippen molar-refractivity contribution in [3.05, 3.63) is 34.7 Å². The molecular weight excluding hydrogens is 282 g/mol. The summed E-state index contributed by atoms with van der Waals surface area (Å²) in [5.74, 6) is -0.167. The zero-order chi connectivity index (χ0) is 16.1. The van der Waals surface area contributed by atoms with Crippen molar-refractivity contribution in [1.29, 1.82) is 0 Å². The van der Waals surface area contributed by atoms with E-state index in [0.717, 1.165) is 17.5 Å². The van der Waals surface area contributed by atoms with Crippen LogP contribution in [0.2, 0.25) is 0 Å². The van der Waals surface area contributed by atoms with Crippen molar-refractivity contribution in [2.24, 2.45) is 0 Å². The maximum Gasteiger partial charge on any atom is 0.329 e. The van der Waals surface area contributed by atoms with E-state index in [2.05, 4.69) is 5.32 Å². The van der Waals surface area contributed by atoms with E-state index >= 15 is 0 Å². The van der Waals surface area contributed by atoms with E-state index in [0.29, 0.717) is 13.1 Å².